The lowest BCUT2D eigenvalue weighted by atomic mass is 10.1. The van der Waals surface area contributed by atoms with Gasteiger partial charge in [0, 0.05) is 5.02 Å². The van der Waals surface area contributed by atoms with Crippen molar-refractivity contribution in [3.8, 4) is 6.07 Å². The van der Waals surface area contributed by atoms with Crippen molar-refractivity contribution in [3.05, 3.63) is 68.3 Å². The van der Waals surface area contributed by atoms with E-state index in [1.54, 1.807) is 13.0 Å². The Kier molecular flexibility index (Phi) is 5.10. The molecule has 2 aromatic rings. The van der Waals surface area contributed by atoms with Gasteiger partial charge in [0.05, 0.1) is 9.92 Å². The van der Waals surface area contributed by atoms with Crippen molar-refractivity contribution >= 4 is 39.1 Å². The van der Waals surface area contributed by atoms with Crippen LogP contribution < -0.4 is 0 Å². The smallest absolute Gasteiger partial charge is 0.218 e. The van der Waals surface area contributed by atoms with Crippen LogP contribution in [0.2, 0.25) is 10.0 Å². The van der Waals surface area contributed by atoms with Crippen molar-refractivity contribution in [1.82, 2.24) is 0 Å². The summed E-state index contributed by atoms with van der Waals surface area (Å²) in [6, 6.07) is 9.65. The lowest BCUT2D eigenvalue weighted by Crippen LogP contribution is -2.04. The van der Waals surface area contributed by atoms with Gasteiger partial charge in [0.1, 0.15) is 16.8 Å². The molecule has 0 bridgehead atoms. The van der Waals surface area contributed by atoms with Gasteiger partial charge >= 0.3 is 0 Å². The van der Waals surface area contributed by atoms with Crippen molar-refractivity contribution in [2.75, 3.05) is 0 Å². The van der Waals surface area contributed by atoms with E-state index in [-0.39, 0.29) is 14.9 Å². The molecular weight excluding hydrogens is 360 g/mol. The topological polar surface area (TPSA) is 57.9 Å². The van der Waals surface area contributed by atoms with Gasteiger partial charge in [0.15, 0.2) is 0 Å². The number of sulfone groups is 1. The van der Waals surface area contributed by atoms with E-state index < -0.39 is 20.6 Å². The van der Waals surface area contributed by atoms with Crippen molar-refractivity contribution in [3.63, 3.8) is 0 Å². The highest BCUT2D eigenvalue weighted by molar-refractivity contribution is 7.95. The number of allylic oxidation sites excluding steroid dienone is 1. The number of halogens is 3. The third kappa shape index (κ3) is 3.73. The average molecular weight is 370 g/mol. The fourth-order valence-corrected chi connectivity index (χ4v) is 3.79. The molecule has 23 heavy (non-hydrogen) atoms. The fourth-order valence-electron chi connectivity index (χ4n) is 1.88. The monoisotopic (exact) mass is 369 g/mol. The first-order chi connectivity index (χ1) is 10.8. The third-order valence-electron chi connectivity index (χ3n) is 3.06. The molecule has 0 aliphatic rings. The second-order valence-electron chi connectivity index (χ2n) is 4.71. The Bertz CT molecular complexity index is 947. The molecule has 3 nitrogen and oxygen atoms in total. The first-order valence-corrected chi connectivity index (χ1v) is 8.57. The van der Waals surface area contributed by atoms with Crippen molar-refractivity contribution in [2.24, 2.45) is 0 Å². The Balaban J connectivity index is 2.59. The molecule has 2 aromatic carbocycles. The predicted octanol–water partition coefficient (Wildman–Crippen LogP) is 4.78. The summed E-state index contributed by atoms with van der Waals surface area (Å²) in [5.74, 6) is -0.415. The quantitative estimate of drug-likeness (QED) is 0.731. The molecule has 7 heteroatoms. The summed E-state index contributed by atoms with van der Waals surface area (Å²) in [4.78, 5) is -0.758. The summed E-state index contributed by atoms with van der Waals surface area (Å²) < 4.78 is 38.4. The molecule has 0 aromatic heterocycles. The fraction of sp³-hybridized carbons (Fsp3) is 0.0625. The van der Waals surface area contributed by atoms with Gasteiger partial charge in [-0.1, -0.05) is 29.3 Å². The number of hydrogen-bond donors (Lipinski definition) is 0. The van der Waals surface area contributed by atoms with Crippen LogP contribution in [0.5, 0.6) is 0 Å². The molecule has 0 radical (unpaired) electrons. The van der Waals surface area contributed by atoms with E-state index in [1.807, 2.05) is 0 Å². The normalized spacial score (nSPS) is 12.0. The first kappa shape index (κ1) is 17.5. The van der Waals surface area contributed by atoms with Gasteiger partial charge in [-0.15, -0.1) is 0 Å². The second kappa shape index (κ2) is 6.71. The molecule has 0 saturated heterocycles. The summed E-state index contributed by atoms with van der Waals surface area (Å²) in [5, 5.41) is 9.37. The summed E-state index contributed by atoms with van der Waals surface area (Å²) in [6.07, 6.45) is 1.17. The molecule has 0 saturated carbocycles. The van der Waals surface area contributed by atoms with E-state index in [4.69, 9.17) is 23.2 Å². The van der Waals surface area contributed by atoms with E-state index in [0.29, 0.717) is 11.1 Å². The summed E-state index contributed by atoms with van der Waals surface area (Å²) in [7, 11) is -4.14. The summed E-state index contributed by atoms with van der Waals surface area (Å²) in [5.41, 5.74) is 0.733. The minimum atomic E-state index is -4.14. The van der Waals surface area contributed by atoms with E-state index in [0.717, 1.165) is 0 Å². The third-order valence-corrected chi connectivity index (χ3v) is 5.44. The molecule has 2 rings (SSSR count). The zero-order valence-corrected chi connectivity index (χ0v) is 14.2. The minimum Gasteiger partial charge on any atom is -0.218 e. The van der Waals surface area contributed by atoms with Gasteiger partial charge in [-0.05, 0) is 54.5 Å². The van der Waals surface area contributed by atoms with Crippen LogP contribution in [0, 0.1) is 24.1 Å². The molecule has 0 atom stereocenters. The molecule has 118 valence electrons. The van der Waals surface area contributed by atoms with Crippen LogP contribution in [0.25, 0.3) is 6.08 Å². The zero-order valence-electron chi connectivity index (χ0n) is 11.8. The Morgan fingerprint density at radius 1 is 1.22 bits per heavy atom. The van der Waals surface area contributed by atoms with Gasteiger partial charge in [0.25, 0.3) is 0 Å². The lowest BCUT2D eigenvalue weighted by molar-refractivity contribution is 0.603. The number of rotatable bonds is 3. The van der Waals surface area contributed by atoms with E-state index >= 15 is 0 Å². The highest BCUT2D eigenvalue weighted by Gasteiger charge is 2.24. The first-order valence-electron chi connectivity index (χ1n) is 6.34. The largest absolute Gasteiger partial charge is 0.218 e. The van der Waals surface area contributed by atoms with E-state index in [1.165, 1.54) is 42.5 Å². The van der Waals surface area contributed by atoms with Gasteiger partial charge in [0.2, 0.25) is 9.84 Å². The highest BCUT2D eigenvalue weighted by Crippen LogP contribution is 2.30. The van der Waals surface area contributed by atoms with E-state index in [2.05, 4.69) is 0 Å². The van der Waals surface area contributed by atoms with Crippen LogP contribution in [-0.4, -0.2) is 8.42 Å². The van der Waals surface area contributed by atoms with Gasteiger partial charge in [-0.25, -0.2) is 12.8 Å². The summed E-state index contributed by atoms with van der Waals surface area (Å²) in [6.45, 7) is 1.54. The maximum absolute atomic E-state index is 13.3. The maximum Gasteiger partial charge on any atom is 0.218 e. The molecule has 0 heterocycles. The van der Waals surface area contributed by atoms with Crippen molar-refractivity contribution in [1.29, 1.82) is 5.26 Å². The Labute approximate surface area is 143 Å². The van der Waals surface area contributed by atoms with Gasteiger partial charge in [-0.2, -0.15) is 5.26 Å². The molecule has 0 fully saturated rings. The van der Waals surface area contributed by atoms with E-state index in [9.17, 15) is 18.1 Å². The maximum atomic E-state index is 13.3. The van der Waals surface area contributed by atoms with Crippen LogP contribution in [-0.2, 0) is 9.84 Å². The molecule has 0 spiro atoms. The van der Waals surface area contributed by atoms with Gasteiger partial charge < -0.3 is 0 Å². The number of nitriles is 1. The standard InChI is InChI=1S/C16H10Cl2FNO2S/c1-10-6-11(2-5-15(10)19)7-13(9-20)23(21,22)16-8-12(17)3-4-14(16)18/h2-8H,1H3/b13-7-. The number of benzene rings is 2. The average Bonchev–Trinajstić information content (AvgIpc) is 2.50. The lowest BCUT2D eigenvalue weighted by Gasteiger charge is -2.06. The van der Waals surface area contributed by atoms with Crippen LogP contribution in [0.15, 0.2) is 46.2 Å². The molecule has 0 amide bonds. The Hall–Kier alpha value is -1.87. The SMILES string of the molecule is Cc1cc(/C=C(/C#N)S(=O)(=O)c2cc(Cl)ccc2Cl)ccc1F. The molecular formula is C16H10Cl2FNO2S. The van der Waals surface area contributed by atoms with Crippen molar-refractivity contribution in [2.45, 2.75) is 11.8 Å². The second-order valence-corrected chi connectivity index (χ2v) is 7.44. The van der Waals surface area contributed by atoms with Crippen LogP contribution in [0.1, 0.15) is 11.1 Å². The Morgan fingerprint density at radius 2 is 1.91 bits per heavy atom. The van der Waals surface area contributed by atoms with Crippen LogP contribution in [0.4, 0.5) is 4.39 Å². The van der Waals surface area contributed by atoms with Crippen LogP contribution >= 0.6 is 23.2 Å². The number of aryl methyl sites for hydroxylation is 1. The molecule has 0 aliphatic carbocycles. The minimum absolute atomic E-state index is 0.0363. The molecule has 0 aliphatic heterocycles. The summed E-state index contributed by atoms with van der Waals surface area (Å²) >= 11 is 11.7. The molecule has 0 unspecified atom stereocenters. The Morgan fingerprint density at radius 3 is 2.52 bits per heavy atom. The predicted molar refractivity (Wildman–Crippen MR) is 88.4 cm³/mol. The number of hydrogen-bond acceptors (Lipinski definition) is 3. The van der Waals surface area contributed by atoms with Crippen LogP contribution in [0.3, 0.4) is 0 Å². The zero-order chi connectivity index (χ0) is 17.2. The highest BCUT2D eigenvalue weighted by atomic mass is 35.5. The van der Waals surface area contributed by atoms with Gasteiger partial charge in [-0.3, -0.25) is 0 Å². The molecule has 0 N–H and O–H groups in total. The van der Waals surface area contributed by atoms with Crippen molar-refractivity contribution < 1.29 is 12.8 Å². The number of nitrogens with zero attached hydrogens (tertiary/aromatic N) is 1.